The van der Waals surface area contributed by atoms with Gasteiger partial charge in [0.15, 0.2) is 0 Å². The average molecular weight is 649 g/mol. The third kappa shape index (κ3) is 4.01. The van der Waals surface area contributed by atoms with E-state index in [0.717, 1.165) is 104 Å². The van der Waals surface area contributed by atoms with Gasteiger partial charge in [0.2, 0.25) is 0 Å². The highest BCUT2D eigenvalue weighted by Crippen LogP contribution is 2.44. The van der Waals surface area contributed by atoms with E-state index in [9.17, 15) is 0 Å². The van der Waals surface area contributed by atoms with Crippen LogP contribution in [0, 0.1) is 0 Å². The molecule has 4 aromatic heterocycles. The molecule has 49 heavy (non-hydrogen) atoms. The molecule has 230 valence electrons. The molecule has 0 unspecified atom stereocenters. The van der Waals surface area contributed by atoms with Crippen LogP contribution in [-0.4, -0.2) is 4.98 Å². The largest absolute Gasteiger partial charge is 0.456 e. The average Bonchev–Trinajstić information content (AvgIpc) is 3.92. The number of benzene rings is 7. The highest BCUT2D eigenvalue weighted by atomic mass is 32.1. The van der Waals surface area contributed by atoms with Gasteiger partial charge in [0.25, 0.3) is 0 Å². The summed E-state index contributed by atoms with van der Waals surface area (Å²) < 4.78 is 20.3. The molecule has 0 fully saturated rings. The van der Waals surface area contributed by atoms with Crippen LogP contribution in [0.5, 0.6) is 0 Å². The number of furan rings is 3. The summed E-state index contributed by atoms with van der Waals surface area (Å²) in [6, 6.07) is 50.2. The Morgan fingerprint density at radius 2 is 0.959 bits per heavy atom. The maximum Gasteiger partial charge on any atom is 0.137 e. The molecular weight excluding hydrogens is 625 g/mol. The molecule has 4 heterocycles. The van der Waals surface area contributed by atoms with Crippen LogP contribution in [0.2, 0.25) is 0 Å². The van der Waals surface area contributed by atoms with Crippen molar-refractivity contribution in [3.63, 3.8) is 0 Å². The Bertz CT molecular complexity index is 2960. The number of anilines is 3. The maximum absolute atomic E-state index is 6.42. The lowest BCUT2D eigenvalue weighted by Gasteiger charge is -2.25. The molecular formula is C43H24N2O3S. The van der Waals surface area contributed by atoms with Gasteiger partial charge in [-0.05, 0) is 66.7 Å². The number of fused-ring (bicyclic) bond motifs is 11. The van der Waals surface area contributed by atoms with Gasteiger partial charge in [-0.3, -0.25) is 0 Å². The summed E-state index contributed by atoms with van der Waals surface area (Å²) in [6.07, 6.45) is 0. The smallest absolute Gasteiger partial charge is 0.137 e. The summed E-state index contributed by atoms with van der Waals surface area (Å²) in [4.78, 5) is 7.41. The first-order valence-corrected chi connectivity index (χ1v) is 17.0. The normalized spacial score (nSPS) is 12.1. The minimum absolute atomic E-state index is 0.820. The van der Waals surface area contributed by atoms with Crippen molar-refractivity contribution in [2.45, 2.75) is 0 Å². The highest BCUT2D eigenvalue weighted by Gasteiger charge is 2.21. The Labute approximate surface area is 282 Å². The quantitative estimate of drug-likeness (QED) is 0.190. The fourth-order valence-electron chi connectivity index (χ4n) is 7.24. The number of para-hydroxylation sites is 2. The van der Waals surface area contributed by atoms with Gasteiger partial charge in [-0.15, -0.1) is 11.3 Å². The van der Waals surface area contributed by atoms with Gasteiger partial charge >= 0.3 is 0 Å². The zero-order valence-electron chi connectivity index (χ0n) is 25.9. The summed E-state index contributed by atoms with van der Waals surface area (Å²) in [5.41, 5.74) is 10.0. The first kappa shape index (κ1) is 26.7. The molecule has 0 aliphatic heterocycles. The van der Waals surface area contributed by atoms with Crippen molar-refractivity contribution in [1.82, 2.24) is 4.98 Å². The van der Waals surface area contributed by atoms with Crippen LogP contribution in [0.4, 0.5) is 17.1 Å². The van der Waals surface area contributed by atoms with Gasteiger partial charge < -0.3 is 18.2 Å². The highest BCUT2D eigenvalue weighted by molar-refractivity contribution is 7.21. The summed E-state index contributed by atoms with van der Waals surface area (Å²) in [6.45, 7) is 0. The van der Waals surface area contributed by atoms with Crippen molar-refractivity contribution in [2.75, 3.05) is 4.90 Å². The lowest BCUT2D eigenvalue weighted by molar-refractivity contribution is 0.668. The zero-order valence-corrected chi connectivity index (χ0v) is 26.7. The van der Waals surface area contributed by atoms with Crippen LogP contribution in [-0.2, 0) is 0 Å². The van der Waals surface area contributed by atoms with Crippen molar-refractivity contribution in [3.8, 4) is 10.6 Å². The van der Waals surface area contributed by atoms with Gasteiger partial charge in [-0.25, -0.2) is 4.98 Å². The van der Waals surface area contributed by atoms with E-state index in [1.165, 1.54) is 0 Å². The first-order valence-electron chi connectivity index (χ1n) is 16.2. The van der Waals surface area contributed by atoms with E-state index in [1.807, 2.05) is 42.5 Å². The molecule has 0 spiro atoms. The van der Waals surface area contributed by atoms with E-state index in [4.69, 9.17) is 18.2 Å². The molecule has 0 aliphatic rings. The molecule has 0 saturated carbocycles. The van der Waals surface area contributed by atoms with Gasteiger partial charge in [-0.2, -0.15) is 0 Å². The Morgan fingerprint density at radius 1 is 0.429 bits per heavy atom. The van der Waals surface area contributed by atoms with Crippen LogP contribution in [0.3, 0.4) is 0 Å². The Balaban J connectivity index is 1.15. The number of aromatic nitrogens is 1. The van der Waals surface area contributed by atoms with E-state index in [-0.39, 0.29) is 0 Å². The molecule has 5 nitrogen and oxygen atoms in total. The van der Waals surface area contributed by atoms with Crippen LogP contribution in [0.25, 0.3) is 86.6 Å². The topological polar surface area (TPSA) is 55.6 Å². The number of hydrogen-bond donors (Lipinski definition) is 0. The molecule has 6 heteroatoms. The van der Waals surface area contributed by atoms with Crippen molar-refractivity contribution < 1.29 is 13.3 Å². The summed E-state index contributed by atoms with van der Waals surface area (Å²) in [5, 5.41) is 7.41. The second-order valence-electron chi connectivity index (χ2n) is 12.3. The molecule has 11 aromatic rings. The molecule has 11 rings (SSSR count). The zero-order chi connectivity index (χ0) is 32.1. The minimum atomic E-state index is 0.820. The third-order valence-electron chi connectivity index (χ3n) is 9.50. The second-order valence-corrected chi connectivity index (χ2v) is 13.4. The van der Waals surface area contributed by atoms with E-state index < -0.39 is 0 Å². The molecule has 0 aliphatic carbocycles. The Morgan fingerprint density at radius 3 is 1.65 bits per heavy atom. The van der Waals surface area contributed by atoms with Gasteiger partial charge in [0.05, 0.1) is 15.6 Å². The number of thiazole rings is 1. The fraction of sp³-hybridized carbons (Fsp3) is 0. The molecule has 0 atom stereocenters. The van der Waals surface area contributed by atoms with Crippen LogP contribution in [0.15, 0.2) is 159 Å². The van der Waals surface area contributed by atoms with E-state index in [0.29, 0.717) is 0 Å². The van der Waals surface area contributed by atoms with Crippen molar-refractivity contribution in [1.29, 1.82) is 0 Å². The summed E-state index contributed by atoms with van der Waals surface area (Å²) in [5.74, 6) is 0. The van der Waals surface area contributed by atoms with E-state index >= 15 is 0 Å². The van der Waals surface area contributed by atoms with Crippen LogP contribution < -0.4 is 4.90 Å². The lowest BCUT2D eigenvalue weighted by atomic mass is 10.1. The van der Waals surface area contributed by atoms with Crippen LogP contribution in [0.1, 0.15) is 0 Å². The van der Waals surface area contributed by atoms with E-state index in [2.05, 4.69) is 108 Å². The van der Waals surface area contributed by atoms with Gasteiger partial charge in [0.1, 0.15) is 38.5 Å². The van der Waals surface area contributed by atoms with Crippen molar-refractivity contribution in [2.24, 2.45) is 0 Å². The SMILES string of the molecule is c1ccc(-c2nc3c(ccc4oc5ccc(N(c6ccc7c(c6)oc6ccccc67)c6ccc7c(c6)oc6ccccc67)cc5c43)s2)cc1. The van der Waals surface area contributed by atoms with Crippen molar-refractivity contribution in [3.05, 3.63) is 146 Å². The molecule has 0 N–H and O–H groups in total. The first-order chi connectivity index (χ1) is 24.2. The Hall–Kier alpha value is -6.37. The standard InChI is InChI=1S/C43H24N2O3S/c1-2-8-25(9-3-1)43-44-42-40(49-43)21-20-37-41(42)33-22-26(16-19-36(33)46-37)45(27-14-17-31-29-10-4-6-12-34(29)47-38(31)23-27)28-15-18-32-30-11-5-7-13-35(30)48-39(32)24-28/h1-24H. The summed E-state index contributed by atoms with van der Waals surface area (Å²) >= 11 is 1.70. The number of hydrogen-bond acceptors (Lipinski definition) is 6. The fourth-order valence-corrected chi connectivity index (χ4v) is 8.22. The van der Waals surface area contributed by atoms with Gasteiger partial charge in [-0.1, -0.05) is 66.7 Å². The van der Waals surface area contributed by atoms with Crippen LogP contribution >= 0.6 is 11.3 Å². The minimum Gasteiger partial charge on any atom is -0.456 e. The molecule has 7 aromatic carbocycles. The van der Waals surface area contributed by atoms with E-state index in [1.54, 1.807) is 11.3 Å². The maximum atomic E-state index is 6.42. The predicted octanol–water partition coefficient (Wildman–Crippen LogP) is 13.1. The molecule has 0 saturated heterocycles. The predicted molar refractivity (Wildman–Crippen MR) is 202 cm³/mol. The third-order valence-corrected chi connectivity index (χ3v) is 10.6. The lowest BCUT2D eigenvalue weighted by Crippen LogP contribution is -2.09. The number of rotatable bonds is 4. The Kier molecular flexibility index (Phi) is 5.48. The second kappa shape index (κ2) is 10.1. The molecule has 0 radical (unpaired) electrons. The van der Waals surface area contributed by atoms with Gasteiger partial charge in [0, 0.05) is 61.7 Å². The van der Waals surface area contributed by atoms with Crippen molar-refractivity contribution >= 4 is 104 Å². The molecule has 0 bridgehead atoms. The summed E-state index contributed by atoms with van der Waals surface area (Å²) in [7, 11) is 0. The number of nitrogens with zero attached hydrogens (tertiary/aromatic N) is 2. The monoisotopic (exact) mass is 648 g/mol. The molecule has 0 amide bonds.